The second kappa shape index (κ2) is 8.51. The summed E-state index contributed by atoms with van der Waals surface area (Å²) in [5.74, 6) is -0.250. The van der Waals surface area contributed by atoms with Gasteiger partial charge in [0.15, 0.2) is 0 Å². The minimum atomic E-state index is -1.05. The highest BCUT2D eigenvalue weighted by atomic mass is 16.4. The van der Waals surface area contributed by atoms with Gasteiger partial charge in [0.2, 0.25) is 0 Å². The summed E-state index contributed by atoms with van der Waals surface area (Å²) in [4.78, 5) is 10.4. The van der Waals surface area contributed by atoms with E-state index >= 15 is 0 Å². The van der Waals surface area contributed by atoms with Crippen LogP contribution >= 0.6 is 0 Å². The summed E-state index contributed by atoms with van der Waals surface area (Å²) in [6, 6.07) is 0. The number of carboxylic acid groups (broad SMARTS) is 1. The fraction of sp³-hybridized carbons (Fsp3) is 0.769. The average Bonchev–Trinajstić information content (AvgIpc) is 2.15. The molecular weight excluding hydrogens is 188 g/mol. The van der Waals surface area contributed by atoms with Crippen molar-refractivity contribution in [2.75, 3.05) is 0 Å². The lowest BCUT2D eigenvalue weighted by Gasteiger charge is -2.04. The number of unbranched alkanes of at least 4 members (excludes halogenated alkanes) is 4. The van der Waals surface area contributed by atoms with Crippen LogP contribution in [0.1, 0.15) is 59.3 Å². The van der Waals surface area contributed by atoms with Crippen LogP contribution in [0.3, 0.4) is 0 Å². The molecule has 0 rings (SSSR count). The zero-order chi connectivity index (χ0) is 11.7. The van der Waals surface area contributed by atoms with Crippen molar-refractivity contribution in [3.63, 3.8) is 0 Å². The number of rotatable bonds is 8. The van der Waals surface area contributed by atoms with Gasteiger partial charge in [-0.1, -0.05) is 45.6 Å². The summed E-state index contributed by atoms with van der Waals surface area (Å²) in [5.41, 5.74) is 0.359. The Morgan fingerprint density at radius 3 is 2.33 bits per heavy atom. The van der Waals surface area contributed by atoms with E-state index in [1.54, 1.807) is 13.0 Å². The van der Waals surface area contributed by atoms with E-state index in [4.69, 9.17) is 0 Å². The first-order valence-corrected chi connectivity index (χ1v) is 5.92. The topological polar surface area (TPSA) is 40.1 Å². The predicted molar refractivity (Wildman–Crippen MR) is 61.3 cm³/mol. The monoisotopic (exact) mass is 211 g/mol. The fourth-order valence-electron chi connectivity index (χ4n) is 1.45. The summed E-state index contributed by atoms with van der Waals surface area (Å²) >= 11 is 0. The zero-order valence-corrected chi connectivity index (χ0v) is 10.2. The molecule has 0 N–H and O–H groups in total. The first kappa shape index (κ1) is 14.2. The molecule has 0 fully saturated rings. The first-order valence-electron chi connectivity index (χ1n) is 5.92. The summed E-state index contributed by atoms with van der Waals surface area (Å²) in [7, 11) is 0. The molecule has 0 saturated carbocycles. The maximum atomic E-state index is 10.4. The molecule has 0 aliphatic rings. The molecule has 0 heterocycles. The van der Waals surface area contributed by atoms with Crippen LogP contribution < -0.4 is 5.11 Å². The third-order valence-electron chi connectivity index (χ3n) is 2.51. The van der Waals surface area contributed by atoms with Crippen LogP contribution in [-0.4, -0.2) is 5.97 Å². The molecule has 0 bridgehead atoms. The standard InChI is InChI=1S/C13H24O2/c1-11(2)9-7-5-4-6-8-10-12(3)13(14)15/h10-11H,4-9H2,1-3H3,(H,14,15)/p-1/b12-10+. The van der Waals surface area contributed by atoms with E-state index in [-0.39, 0.29) is 0 Å². The molecule has 0 aromatic heterocycles. The largest absolute Gasteiger partial charge is 0.545 e. The highest BCUT2D eigenvalue weighted by Gasteiger charge is 1.94. The molecule has 2 heteroatoms. The van der Waals surface area contributed by atoms with Crippen molar-refractivity contribution in [1.82, 2.24) is 0 Å². The van der Waals surface area contributed by atoms with E-state index in [1.807, 2.05) is 0 Å². The van der Waals surface area contributed by atoms with Crippen molar-refractivity contribution in [3.05, 3.63) is 11.6 Å². The van der Waals surface area contributed by atoms with E-state index in [0.29, 0.717) is 5.57 Å². The minimum absolute atomic E-state index is 0.359. The molecule has 2 nitrogen and oxygen atoms in total. The molecule has 0 saturated heterocycles. The van der Waals surface area contributed by atoms with Gasteiger partial charge in [0.05, 0.1) is 5.97 Å². The Morgan fingerprint density at radius 1 is 1.20 bits per heavy atom. The summed E-state index contributed by atoms with van der Waals surface area (Å²) < 4.78 is 0. The van der Waals surface area contributed by atoms with E-state index in [9.17, 15) is 9.90 Å². The second-order valence-electron chi connectivity index (χ2n) is 4.56. The van der Waals surface area contributed by atoms with E-state index in [1.165, 1.54) is 25.7 Å². The third-order valence-corrected chi connectivity index (χ3v) is 2.51. The van der Waals surface area contributed by atoms with Crippen LogP contribution in [0.25, 0.3) is 0 Å². The molecule has 0 amide bonds. The lowest BCUT2D eigenvalue weighted by molar-refractivity contribution is -0.299. The van der Waals surface area contributed by atoms with Crippen molar-refractivity contribution < 1.29 is 9.90 Å². The smallest absolute Gasteiger partial charge is 0.0668 e. The number of hydrogen-bond donors (Lipinski definition) is 0. The molecule has 0 aliphatic heterocycles. The molecule has 0 aromatic rings. The van der Waals surface area contributed by atoms with Gasteiger partial charge in [0.1, 0.15) is 0 Å². The van der Waals surface area contributed by atoms with Crippen LogP contribution in [0.5, 0.6) is 0 Å². The normalized spacial score (nSPS) is 12.1. The molecule has 88 valence electrons. The Morgan fingerprint density at radius 2 is 1.80 bits per heavy atom. The van der Waals surface area contributed by atoms with Gasteiger partial charge in [-0.15, -0.1) is 0 Å². The van der Waals surface area contributed by atoms with E-state index in [0.717, 1.165) is 18.8 Å². The number of aliphatic carboxylic acids is 1. The van der Waals surface area contributed by atoms with Gasteiger partial charge >= 0.3 is 0 Å². The zero-order valence-electron chi connectivity index (χ0n) is 10.2. The maximum Gasteiger partial charge on any atom is 0.0668 e. The van der Waals surface area contributed by atoms with Crippen LogP contribution in [0.2, 0.25) is 0 Å². The van der Waals surface area contributed by atoms with Crippen LogP contribution in [0, 0.1) is 5.92 Å². The Hall–Kier alpha value is -0.790. The maximum absolute atomic E-state index is 10.4. The number of hydrogen-bond acceptors (Lipinski definition) is 2. The van der Waals surface area contributed by atoms with Crippen molar-refractivity contribution in [3.8, 4) is 0 Å². The Labute approximate surface area is 93.4 Å². The van der Waals surface area contributed by atoms with E-state index in [2.05, 4.69) is 13.8 Å². The Kier molecular flexibility index (Phi) is 8.06. The van der Waals surface area contributed by atoms with Gasteiger partial charge in [0, 0.05) is 0 Å². The van der Waals surface area contributed by atoms with Gasteiger partial charge in [0.25, 0.3) is 0 Å². The Bertz CT molecular complexity index is 205. The summed E-state index contributed by atoms with van der Waals surface area (Å²) in [5, 5.41) is 10.4. The number of allylic oxidation sites excluding steroid dienone is 1. The first-order chi connectivity index (χ1) is 7.04. The van der Waals surface area contributed by atoms with Gasteiger partial charge < -0.3 is 9.90 Å². The second-order valence-corrected chi connectivity index (χ2v) is 4.56. The average molecular weight is 211 g/mol. The van der Waals surface area contributed by atoms with Gasteiger partial charge in [-0.3, -0.25) is 0 Å². The summed E-state index contributed by atoms with van der Waals surface area (Å²) in [6.45, 7) is 6.08. The number of carbonyl (C=O) groups excluding carboxylic acids is 1. The van der Waals surface area contributed by atoms with Crippen molar-refractivity contribution in [2.45, 2.75) is 59.3 Å². The lowest BCUT2D eigenvalue weighted by Crippen LogP contribution is -2.22. The van der Waals surface area contributed by atoms with Crippen LogP contribution in [0.15, 0.2) is 11.6 Å². The number of carboxylic acids is 1. The minimum Gasteiger partial charge on any atom is -0.545 e. The molecule has 0 aliphatic carbocycles. The highest BCUT2D eigenvalue weighted by Crippen LogP contribution is 2.11. The van der Waals surface area contributed by atoms with Gasteiger partial charge in [-0.2, -0.15) is 0 Å². The SMILES string of the molecule is C/C(=C\CCCCCCC(C)C)C(=O)[O-]. The van der Waals surface area contributed by atoms with Crippen molar-refractivity contribution >= 4 is 5.97 Å². The van der Waals surface area contributed by atoms with Gasteiger partial charge in [-0.25, -0.2) is 0 Å². The molecular formula is C13H23O2-. The molecule has 15 heavy (non-hydrogen) atoms. The van der Waals surface area contributed by atoms with E-state index < -0.39 is 5.97 Å². The predicted octanol–water partition coefficient (Wildman–Crippen LogP) is 2.68. The highest BCUT2D eigenvalue weighted by molar-refractivity contribution is 5.83. The van der Waals surface area contributed by atoms with Crippen LogP contribution in [0.4, 0.5) is 0 Å². The van der Waals surface area contributed by atoms with Crippen molar-refractivity contribution in [2.24, 2.45) is 5.92 Å². The summed E-state index contributed by atoms with van der Waals surface area (Å²) in [6.07, 6.45) is 8.76. The molecule has 0 spiro atoms. The quantitative estimate of drug-likeness (QED) is 0.457. The lowest BCUT2D eigenvalue weighted by atomic mass is 10.0. The Balaban J connectivity index is 3.32. The third kappa shape index (κ3) is 9.51. The van der Waals surface area contributed by atoms with Crippen molar-refractivity contribution in [1.29, 1.82) is 0 Å². The van der Waals surface area contributed by atoms with Crippen LogP contribution in [-0.2, 0) is 4.79 Å². The van der Waals surface area contributed by atoms with Gasteiger partial charge in [-0.05, 0) is 31.3 Å². The molecule has 0 atom stereocenters. The molecule has 0 unspecified atom stereocenters. The fourth-order valence-corrected chi connectivity index (χ4v) is 1.45. The molecule has 0 aromatic carbocycles. The number of carbonyl (C=O) groups is 1. The molecule has 0 radical (unpaired) electrons.